The van der Waals surface area contributed by atoms with Gasteiger partial charge in [-0.15, -0.1) is 0 Å². The molecule has 1 aliphatic rings. The number of aryl methyl sites for hydroxylation is 2. The van der Waals surface area contributed by atoms with E-state index in [-0.39, 0.29) is 23.4 Å². The van der Waals surface area contributed by atoms with Gasteiger partial charge in [0.25, 0.3) is 5.82 Å². The maximum Gasteiger partial charge on any atom is 0.335 e. The lowest BCUT2D eigenvalue weighted by Crippen LogP contribution is -2.54. The first-order valence-corrected chi connectivity index (χ1v) is 9.31. The monoisotopic (exact) mass is 368 g/mol. The van der Waals surface area contributed by atoms with Crippen LogP contribution in [0.2, 0.25) is 0 Å². The van der Waals surface area contributed by atoms with Crippen molar-refractivity contribution in [3.05, 3.63) is 53.1 Å². The summed E-state index contributed by atoms with van der Waals surface area (Å²) < 4.78 is 2.18. The number of amides is 1. The van der Waals surface area contributed by atoms with Crippen molar-refractivity contribution in [2.24, 2.45) is 5.92 Å². The van der Waals surface area contributed by atoms with Crippen molar-refractivity contribution in [2.45, 2.75) is 53.1 Å². The van der Waals surface area contributed by atoms with Gasteiger partial charge >= 0.3 is 5.97 Å². The number of anilines is 1. The lowest BCUT2D eigenvalue weighted by molar-refractivity contribution is -0.718. The molecule has 1 aliphatic heterocycles. The Hall–Kier alpha value is -2.76. The van der Waals surface area contributed by atoms with Crippen LogP contribution in [-0.4, -0.2) is 28.0 Å². The molecule has 0 bridgehead atoms. The average Bonchev–Trinajstić information content (AvgIpc) is 2.62. The first kappa shape index (κ1) is 19.0. The number of benzene rings is 1. The molecule has 2 atom stereocenters. The number of carbonyl (C=O) groups is 2. The number of nitrogens with zero attached hydrogens (tertiary/aromatic N) is 3. The standard InChI is InChI=1S/C21H25N3O3/c1-5-19-18(12-23-13(2)8-9-22-14(23)3)11-17-10-16(21(26)27)6-7-20(17)24(19)15(4)25/h6-10,18-19H,5,11-12H2,1-4H3/p+1. The van der Waals surface area contributed by atoms with Gasteiger partial charge in [0.15, 0.2) is 0 Å². The van der Waals surface area contributed by atoms with E-state index in [1.165, 1.54) is 0 Å². The predicted molar refractivity (Wildman–Crippen MR) is 102 cm³/mol. The van der Waals surface area contributed by atoms with Crippen molar-refractivity contribution in [1.29, 1.82) is 0 Å². The van der Waals surface area contributed by atoms with Gasteiger partial charge in [-0.05, 0) is 43.5 Å². The van der Waals surface area contributed by atoms with Crippen molar-refractivity contribution >= 4 is 17.6 Å². The molecular formula is C21H26N3O3+. The molecule has 1 aromatic carbocycles. The number of rotatable bonds is 4. The fraction of sp³-hybridized carbons (Fsp3) is 0.429. The summed E-state index contributed by atoms with van der Waals surface area (Å²) in [5.41, 5.74) is 3.13. The molecule has 27 heavy (non-hydrogen) atoms. The number of carboxylic acids is 1. The van der Waals surface area contributed by atoms with E-state index in [0.717, 1.165) is 42.2 Å². The summed E-state index contributed by atoms with van der Waals surface area (Å²) in [5, 5.41) is 9.34. The molecule has 0 aliphatic carbocycles. The lowest BCUT2D eigenvalue weighted by atomic mass is 9.83. The molecular weight excluding hydrogens is 342 g/mol. The largest absolute Gasteiger partial charge is 0.478 e. The Morgan fingerprint density at radius 3 is 2.63 bits per heavy atom. The summed E-state index contributed by atoms with van der Waals surface area (Å²) in [7, 11) is 0. The Kier molecular flexibility index (Phi) is 5.26. The molecule has 1 N–H and O–H groups in total. The molecule has 1 aromatic heterocycles. The third kappa shape index (κ3) is 3.56. The number of fused-ring (bicyclic) bond motifs is 1. The minimum Gasteiger partial charge on any atom is -0.478 e. The molecule has 6 heteroatoms. The zero-order chi connectivity index (χ0) is 19.7. The Morgan fingerprint density at radius 1 is 1.30 bits per heavy atom. The molecule has 0 saturated heterocycles. The van der Waals surface area contributed by atoms with Crippen LogP contribution in [0, 0.1) is 19.8 Å². The van der Waals surface area contributed by atoms with E-state index in [1.54, 1.807) is 31.3 Å². The zero-order valence-corrected chi connectivity index (χ0v) is 16.3. The molecule has 142 valence electrons. The van der Waals surface area contributed by atoms with Crippen LogP contribution in [0.1, 0.15) is 47.7 Å². The van der Waals surface area contributed by atoms with Crippen LogP contribution in [0.25, 0.3) is 0 Å². The zero-order valence-electron chi connectivity index (χ0n) is 16.3. The maximum absolute atomic E-state index is 12.5. The third-order valence-electron chi connectivity index (χ3n) is 5.51. The maximum atomic E-state index is 12.5. The van der Waals surface area contributed by atoms with Crippen LogP contribution >= 0.6 is 0 Å². The van der Waals surface area contributed by atoms with E-state index in [2.05, 4.69) is 23.4 Å². The Balaban J connectivity index is 2.06. The van der Waals surface area contributed by atoms with E-state index in [4.69, 9.17) is 0 Å². The van der Waals surface area contributed by atoms with Crippen LogP contribution in [0.4, 0.5) is 5.69 Å². The first-order valence-electron chi connectivity index (χ1n) is 9.31. The minimum absolute atomic E-state index is 0.0134. The highest BCUT2D eigenvalue weighted by Crippen LogP contribution is 2.36. The van der Waals surface area contributed by atoms with E-state index in [1.807, 2.05) is 17.9 Å². The van der Waals surface area contributed by atoms with Crippen LogP contribution in [-0.2, 0) is 17.8 Å². The molecule has 6 nitrogen and oxygen atoms in total. The fourth-order valence-electron chi connectivity index (χ4n) is 4.21. The number of carbonyl (C=O) groups excluding carboxylic acids is 1. The predicted octanol–water partition coefficient (Wildman–Crippen LogP) is 2.69. The first-order chi connectivity index (χ1) is 12.8. The van der Waals surface area contributed by atoms with Gasteiger partial charge in [-0.2, -0.15) is 0 Å². The molecule has 2 unspecified atom stereocenters. The fourth-order valence-corrected chi connectivity index (χ4v) is 4.21. The molecule has 3 rings (SSSR count). The van der Waals surface area contributed by atoms with E-state index < -0.39 is 5.97 Å². The number of aromatic carboxylic acids is 1. The van der Waals surface area contributed by atoms with Crippen molar-refractivity contribution in [2.75, 3.05) is 4.90 Å². The van der Waals surface area contributed by atoms with Crippen LogP contribution in [0.15, 0.2) is 30.5 Å². The third-order valence-corrected chi connectivity index (χ3v) is 5.51. The summed E-state index contributed by atoms with van der Waals surface area (Å²) in [5.74, 6) is 0.154. The number of hydrogen-bond acceptors (Lipinski definition) is 3. The Bertz CT molecular complexity index is 874. The molecule has 0 fully saturated rings. The molecule has 0 saturated carbocycles. The summed E-state index contributed by atoms with van der Waals surface area (Å²) in [6.45, 7) is 8.45. The van der Waals surface area contributed by atoms with Crippen molar-refractivity contribution in [3.63, 3.8) is 0 Å². The lowest BCUT2D eigenvalue weighted by Gasteiger charge is -2.41. The SMILES string of the molecule is CCC1C(C[n+]2c(C)ccnc2C)Cc2cc(C(=O)O)ccc2N1C(C)=O. The highest BCUT2D eigenvalue weighted by Gasteiger charge is 2.37. The van der Waals surface area contributed by atoms with Gasteiger partial charge in [0, 0.05) is 37.6 Å². The second-order valence-electron chi connectivity index (χ2n) is 7.22. The van der Waals surface area contributed by atoms with E-state index >= 15 is 0 Å². The van der Waals surface area contributed by atoms with E-state index in [0.29, 0.717) is 0 Å². The Morgan fingerprint density at radius 2 is 2.04 bits per heavy atom. The minimum atomic E-state index is -0.949. The van der Waals surface area contributed by atoms with Crippen molar-refractivity contribution in [1.82, 2.24) is 4.98 Å². The smallest absolute Gasteiger partial charge is 0.335 e. The van der Waals surface area contributed by atoms with E-state index in [9.17, 15) is 14.7 Å². The highest BCUT2D eigenvalue weighted by molar-refractivity contribution is 5.95. The quantitative estimate of drug-likeness (QED) is 0.842. The summed E-state index contributed by atoms with van der Waals surface area (Å²) in [4.78, 5) is 30.1. The average molecular weight is 368 g/mol. The van der Waals surface area contributed by atoms with Gasteiger partial charge in [0.2, 0.25) is 5.91 Å². The Labute approximate surface area is 159 Å². The van der Waals surface area contributed by atoms with Gasteiger partial charge in [-0.25, -0.2) is 9.36 Å². The normalized spacial score (nSPS) is 18.9. The molecule has 1 amide bonds. The molecule has 2 aromatic rings. The van der Waals surface area contributed by atoms with Crippen LogP contribution in [0.3, 0.4) is 0 Å². The van der Waals surface area contributed by atoms with Crippen LogP contribution in [0.5, 0.6) is 0 Å². The van der Waals surface area contributed by atoms with Gasteiger partial charge in [-0.1, -0.05) is 11.9 Å². The molecule has 0 radical (unpaired) electrons. The summed E-state index contributed by atoms with van der Waals surface area (Å²) in [6, 6.07) is 7.11. The van der Waals surface area contributed by atoms with Crippen molar-refractivity contribution in [3.8, 4) is 0 Å². The van der Waals surface area contributed by atoms with Gasteiger partial charge in [0.05, 0.1) is 12.1 Å². The summed E-state index contributed by atoms with van der Waals surface area (Å²) >= 11 is 0. The van der Waals surface area contributed by atoms with Gasteiger partial charge in [0.1, 0.15) is 11.9 Å². The van der Waals surface area contributed by atoms with Crippen molar-refractivity contribution < 1.29 is 19.3 Å². The number of hydrogen-bond donors (Lipinski definition) is 1. The molecule has 0 spiro atoms. The number of carboxylic acid groups (broad SMARTS) is 1. The molecule has 2 heterocycles. The summed E-state index contributed by atoms with van der Waals surface area (Å²) in [6.07, 6.45) is 3.37. The second-order valence-corrected chi connectivity index (χ2v) is 7.22. The van der Waals surface area contributed by atoms with Crippen LogP contribution < -0.4 is 9.47 Å². The number of aromatic nitrogens is 2. The second kappa shape index (κ2) is 7.47. The highest BCUT2D eigenvalue weighted by atomic mass is 16.4. The topological polar surface area (TPSA) is 74.4 Å². The van der Waals surface area contributed by atoms with Gasteiger partial charge in [-0.3, -0.25) is 4.79 Å². The van der Waals surface area contributed by atoms with Gasteiger partial charge < -0.3 is 10.0 Å².